The molecule has 0 fully saturated rings. The number of nitrogens with zero attached hydrogens (tertiary/aromatic N) is 2. The van der Waals surface area contributed by atoms with Crippen LogP contribution in [-0.4, -0.2) is 4.98 Å². The van der Waals surface area contributed by atoms with Crippen LogP contribution < -0.4 is 0 Å². The summed E-state index contributed by atoms with van der Waals surface area (Å²) in [4.78, 5) is 5.19. The van der Waals surface area contributed by atoms with Gasteiger partial charge in [-0.05, 0) is 20.3 Å². The summed E-state index contributed by atoms with van der Waals surface area (Å²) in [5.41, 5.74) is 1.53. The molecule has 0 saturated heterocycles. The van der Waals surface area contributed by atoms with Gasteiger partial charge < -0.3 is 0 Å². The van der Waals surface area contributed by atoms with Crippen molar-refractivity contribution in [3.63, 3.8) is 0 Å². The van der Waals surface area contributed by atoms with Gasteiger partial charge in [0.2, 0.25) is 0 Å². The molecule has 1 heterocycles. The van der Waals surface area contributed by atoms with Crippen LogP contribution in [0, 0.1) is 25.2 Å². The number of aromatic nitrogens is 1. The molecular formula is C10H11ClN2S. The lowest BCUT2D eigenvalue weighted by molar-refractivity contribution is 1.16. The monoisotopic (exact) mass is 226 g/mol. The molecule has 0 aliphatic heterocycles. The molecule has 0 N–H and O–H groups in total. The molecule has 4 heteroatoms. The van der Waals surface area contributed by atoms with E-state index in [4.69, 9.17) is 16.9 Å². The summed E-state index contributed by atoms with van der Waals surface area (Å²) in [6, 6.07) is 2.11. The van der Waals surface area contributed by atoms with E-state index >= 15 is 0 Å². The van der Waals surface area contributed by atoms with Crippen molar-refractivity contribution in [3.8, 4) is 6.07 Å². The Morgan fingerprint density at radius 3 is 2.57 bits per heavy atom. The van der Waals surface area contributed by atoms with E-state index in [2.05, 4.69) is 11.1 Å². The van der Waals surface area contributed by atoms with Crippen LogP contribution in [0.4, 0.5) is 0 Å². The Hall–Kier alpha value is -0.850. The van der Waals surface area contributed by atoms with Gasteiger partial charge >= 0.3 is 0 Å². The molecule has 0 bridgehead atoms. The second kappa shape index (κ2) is 4.59. The normalized spacial score (nSPS) is 12.2. The Morgan fingerprint density at radius 2 is 2.21 bits per heavy atom. The van der Waals surface area contributed by atoms with Crippen LogP contribution >= 0.6 is 22.9 Å². The number of rotatable bonds is 2. The number of allylic oxidation sites excluding steroid dienone is 1. The molecule has 0 atom stereocenters. The second-order valence-electron chi connectivity index (χ2n) is 2.91. The summed E-state index contributed by atoms with van der Waals surface area (Å²) in [5.74, 6) is 0. The molecule has 0 aliphatic rings. The number of thiazole rings is 1. The molecule has 0 radical (unpaired) electrons. The summed E-state index contributed by atoms with van der Waals surface area (Å²) in [6.07, 6.45) is 0.658. The van der Waals surface area contributed by atoms with Crippen LogP contribution in [-0.2, 0) is 0 Å². The Balaban J connectivity index is 3.24. The lowest BCUT2D eigenvalue weighted by Crippen LogP contribution is -1.83. The summed E-state index contributed by atoms with van der Waals surface area (Å²) in [5, 5.41) is 10.4. The van der Waals surface area contributed by atoms with Crippen LogP contribution in [0.3, 0.4) is 0 Å². The minimum atomic E-state index is 0.554. The first-order chi connectivity index (χ1) is 6.60. The van der Waals surface area contributed by atoms with E-state index in [-0.39, 0.29) is 0 Å². The van der Waals surface area contributed by atoms with Gasteiger partial charge in [-0.25, -0.2) is 4.98 Å². The topological polar surface area (TPSA) is 36.7 Å². The standard InChI is InChI=1S/C10H11ClN2S/c1-4-8(5-12)9(11)10-6(2)13-7(3)14-10/h4H2,1-3H3. The molecule has 74 valence electrons. The lowest BCUT2D eigenvalue weighted by Gasteiger charge is -1.98. The number of hydrogen-bond donors (Lipinski definition) is 0. The van der Waals surface area contributed by atoms with Gasteiger partial charge in [-0.1, -0.05) is 18.5 Å². The smallest absolute Gasteiger partial charge is 0.0963 e. The Bertz CT molecular complexity index is 412. The van der Waals surface area contributed by atoms with Gasteiger partial charge in [-0.15, -0.1) is 11.3 Å². The van der Waals surface area contributed by atoms with Gasteiger partial charge in [0.05, 0.1) is 26.7 Å². The van der Waals surface area contributed by atoms with Crippen LogP contribution in [0.2, 0.25) is 0 Å². The van der Waals surface area contributed by atoms with Crippen molar-refractivity contribution in [2.45, 2.75) is 27.2 Å². The highest BCUT2D eigenvalue weighted by Crippen LogP contribution is 2.31. The maximum Gasteiger partial charge on any atom is 0.0963 e. The van der Waals surface area contributed by atoms with Gasteiger partial charge in [-0.3, -0.25) is 0 Å². The molecule has 2 nitrogen and oxygen atoms in total. The highest BCUT2D eigenvalue weighted by atomic mass is 35.5. The van der Waals surface area contributed by atoms with E-state index in [1.54, 1.807) is 0 Å². The summed E-state index contributed by atoms with van der Waals surface area (Å²) < 4.78 is 0. The van der Waals surface area contributed by atoms with Crippen molar-refractivity contribution in [2.24, 2.45) is 0 Å². The van der Waals surface area contributed by atoms with Crippen LogP contribution in [0.1, 0.15) is 28.9 Å². The highest BCUT2D eigenvalue weighted by Gasteiger charge is 2.11. The number of hydrogen-bond acceptors (Lipinski definition) is 3. The van der Waals surface area contributed by atoms with E-state index in [1.165, 1.54) is 11.3 Å². The largest absolute Gasteiger partial charge is 0.246 e. The summed E-state index contributed by atoms with van der Waals surface area (Å²) >= 11 is 7.65. The zero-order chi connectivity index (χ0) is 10.7. The minimum absolute atomic E-state index is 0.554. The molecule has 0 aliphatic carbocycles. The fourth-order valence-corrected chi connectivity index (χ4v) is 2.47. The predicted octanol–water partition coefficient (Wildman–Crippen LogP) is 3.64. The van der Waals surface area contributed by atoms with Crippen molar-refractivity contribution >= 4 is 28.0 Å². The molecule has 1 aromatic heterocycles. The summed E-state index contributed by atoms with van der Waals surface area (Å²) in [6.45, 7) is 5.76. The van der Waals surface area contributed by atoms with Crippen molar-refractivity contribution in [2.75, 3.05) is 0 Å². The first kappa shape index (κ1) is 11.2. The quantitative estimate of drug-likeness (QED) is 0.722. The lowest BCUT2D eigenvalue weighted by atomic mass is 10.2. The molecule has 0 amide bonds. The fourth-order valence-electron chi connectivity index (χ4n) is 1.16. The third-order valence-electron chi connectivity index (χ3n) is 1.86. The highest BCUT2D eigenvalue weighted by molar-refractivity contribution is 7.13. The van der Waals surface area contributed by atoms with E-state index < -0.39 is 0 Å². The Labute approximate surface area is 92.9 Å². The van der Waals surface area contributed by atoms with Crippen molar-refractivity contribution in [3.05, 3.63) is 21.2 Å². The summed E-state index contributed by atoms with van der Waals surface area (Å²) in [7, 11) is 0. The van der Waals surface area contributed by atoms with Crippen LogP contribution in [0.25, 0.3) is 5.03 Å². The van der Waals surface area contributed by atoms with Gasteiger partial charge in [0, 0.05) is 5.57 Å². The SMILES string of the molecule is CCC(C#N)=C(Cl)c1sc(C)nc1C. The van der Waals surface area contributed by atoms with E-state index in [9.17, 15) is 0 Å². The van der Waals surface area contributed by atoms with Crippen LogP contribution in [0.15, 0.2) is 5.57 Å². The third kappa shape index (κ3) is 2.14. The maximum absolute atomic E-state index is 8.85. The molecule has 1 aromatic rings. The molecular weight excluding hydrogens is 216 g/mol. The zero-order valence-electron chi connectivity index (χ0n) is 8.39. The predicted molar refractivity (Wildman–Crippen MR) is 60.3 cm³/mol. The van der Waals surface area contributed by atoms with Crippen molar-refractivity contribution in [1.82, 2.24) is 4.98 Å². The first-order valence-electron chi connectivity index (χ1n) is 4.33. The number of aryl methyl sites for hydroxylation is 2. The maximum atomic E-state index is 8.85. The zero-order valence-corrected chi connectivity index (χ0v) is 9.96. The molecule has 0 aromatic carbocycles. The van der Waals surface area contributed by atoms with E-state index in [0.29, 0.717) is 17.0 Å². The number of nitriles is 1. The average Bonchev–Trinajstić information content (AvgIpc) is 2.47. The molecule has 14 heavy (non-hydrogen) atoms. The molecule has 1 rings (SSSR count). The average molecular weight is 227 g/mol. The van der Waals surface area contributed by atoms with E-state index in [1.807, 2.05) is 20.8 Å². The first-order valence-corrected chi connectivity index (χ1v) is 5.52. The van der Waals surface area contributed by atoms with E-state index in [0.717, 1.165) is 15.6 Å². The fraction of sp³-hybridized carbons (Fsp3) is 0.400. The Kier molecular flexibility index (Phi) is 3.68. The third-order valence-corrected chi connectivity index (χ3v) is 3.48. The van der Waals surface area contributed by atoms with Gasteiger partial charge in [0.25, 0.3) is 0 Å². The second-order valence-corrected chi connectivity index (χ2v) is 4.49. The molecule has 0 unspecified atom stereocenters. The number of halogens is 1. The van der Waals surface area contributed by atoms with Crippen LogP contribution in [0.5, 0.6) is 0 Å². The molecule has 0 spiro atoms. The minimum Gasteiger partial charge on any atom is -0.246 e. The molecule has 0 saturated carbocycles. The van der Waals surface area contributed by atoms with Gasteiger partial charge in [-0.2, -0.15) is 5.26 Å². The van der Waals surface area contributed by atoms with Gasteiger partial charge in [0.1, 0.15) is 0 Å². The Morgan fingerprint density at radius 1 is 1.57 bits per heavy atom. The van der Waals surface area contributed by atoms with Gasteiger partial charge in [0.15, 0.2) is 0 Å². The van der Waals surface area contributed by atoms with Crippen molar-refractivity contribution < 1.29 is 0 Å². The van der Waals surface area contributed by atoms with Crippen molar-refractivity contribution in [1.29, 1.82) is 5.26 Å².